The number of benzene rings is 1. The Morgan fingerprint density at radius 3 is 2.93 bits per heavy atom. The van der Waals surface area contributed by atoms with Crippen molar-refractivity contribution in [2.45, 2.75) is 31.6 Å². The number of hydrogen-bond acceptors (Lipinski definition) is 1. The van der Waals surface area contributed by atoms with Crippen LogP contribution in [-0.4, -0.2) is 11.1 Å². The first kappa shape index (κ1) is 10.5. The van der Waals surface area contributed by atoms with Crippen molar-refractivity contribution in [3.63, 3.8) is 0 Å². The molecule has 1 aliphatic rings. The van der Waals surface area contributed by atoms with Crippen molar-refractivity contribution < 1.29 is 9.90 Å². The average Bonchev–Trinajstić information content (AvgIpc) is 2.59. The topological polar surface area (TPSA) is 37.3 Å². The average molecular weight is 225 g/mol. The third-order valence-corrected chi connectivity index (χ3v) is 3.80. The zero-order chi connectivity index (χ0) is 11.1. The quantitative estimate of drug-likeness (QED) is 0.839. The molecule has 1 aliphatic carbocycles. The van der Waals surface area contributed by atoms with Gasteiger partial charge in [-0.15, -0.1) is 0 Å². The highest BCUT2D eigenvalue weighted by Gasteiger charge is 2.44. The van der Waals surface area contributed by atoms with Crippen molar-refractivity contribution in [3.05, 3.63) is 34.3 Å². The first-order valence-corrected chi connectivity index (χ1v) is 5.51. The van der Waals surface area contributed by atoms with Gasteiger partial charge < -0.3 is 5.11 Å². The van der Waals surface area contributed by atoms with E-state index in [0.717, 1.165) is 17.5 Å². The molecule has 0 bridgehead atoms. The molecule has 0 spiro atoms. The maximum Gasteiger partial charge on any atom is 0.314 e. The van der Waals surface area contributed by atoms with Crippen LogP contribution in [-0.2, 0) is 16.6 Å². The summed E-state index contributed by atoms with van der Waals surface area (Å²) in [7, 11) is 0. The highest BCUT2D eigenvalue weighted by atomic mass is 35.5. The van der Waals surface area contributed by atoms with Gasteiger partial charge in [0.2, 0.25) is 0 Å². The molecule has 0 amide bonds. The summed E-state index contributed by atoms with van der Waals surface area (Å²) in [4.78, 5) is 11.4. The summed E-state index contributed by atoms with van der Waals surface area (Å²) in [6.07, 6.45) is 2.06. The predicted octanol–water partition coefficient (Wildman–Crippen LogP) is 3.02. The van der Waals surface area contributed by atoms with Crippen LogP contribution in [0.2, 0.25) is 5.02 Å². The van der Waals surface area contributed by atoms with Crippen molar-refractivity contribution in [2.24, 2.45) is 0 Å². The fourth-order valence-corrected chi connectivity index (χ4v) is 2.74. The van der Waals surface area contributed by atoms with Crippen molar-refractivity contribution in [1.82, 2.24) is 0 Å². The number of halogens is 1. The molecule has 0 radical (unpaired) electrons. The standard InChI is InChI=1S/C12H13ClO2/c1-2-12(11(14)15)7-6-8-9(12)4-3-5-10(8)13/h3-5H,2,6-7H2,1H3,(H,14,15). The molecule has 0 aliphatic heterocycles. The molecule has 1 aromatic carbocycles. The van der Waals surface area contributed by atoms with Crippen molar-refractivity contribution in [1.29, 1.82) is 0 Å². The predicted molar refractivity (Wildman–Crippen MR) is 59.4 cm³/mol. The maximum absolute atomic E-state index is 11.4. The number of carboxylic acids is 1. The molecule has 1 unspecified atom stereocenters. The van der Waals surface area contributed by atoms with E-state index in [1.165, 1.54) is 0 Å². The van der Waals surface area contributed by atoms with Crippen molar-refractivity contribution in [3.8, 4) is 0 Å². The fraction of sp³-hybridized carbons (Fsp3) is 0.417. The number of hydrogen-bond donors (Lipinski definition) is 1. The van der Waals surface area contributed by atoms with E-state index in [1.54, 1.807) is 0 Å². The van der Waals surface area contributed by atoms with Crippen LogP contribution in [0.25, 0.3) is 0 Å². The summed E-state index contributed by atoms with van der Waals surface area (Å²) in [5.74, 6) is -0.731. The minimum Gasteiger partial charge on any atom is -0.481 e. The van der Waals surface area contributed by atoms with Crippen LogP contribution in [0.15, 0.2) is 18.2 Å². The fourth-order valence-electron chi connectivity index (χ4n) is 2.47. The Balaban J connectivity index is 2.61. The normalized spacial score (nSPS) is 23.9. The Bertz CT molecular complexity index is 414. The van der Waals surface area contributed by atoms with E-state index in [4.69, 9.17) is 11.6 Å². The third-order valence-electron chi connectivity index (χ3n) is 3.45. The van der Waals surface area contributed by atoms with Crippen LogP contribution in [0.4, 0.5) is 0 Å². The lowest BCUT2D eigenvalue weighted by molar-refractivity contribution is -0.144. The molecule has 80 valence electrons. The van der Waals surface area contributed by atoms with Gasteiger partial charge in [-0.3, -0.25) is 4.79 Å². The molecule has 0 heterocycles. The molecule has 0 fully saturated rings. The monoisotopic (exact) mass is 224 g/mol. The number of rotatable bonds is 2. The van der Waals surface area contributed by atoms with E-state index < -0.39 is 11.4 Å². The van der Waals surface area contributed by atoms with Crippen LogP contribution in [0.3, 0.4) is 0 Å². The lowest BCUT2D eigenvalue weighted by atomic mass is 9.79. The van der Waals surface area contributed by atoms with E-state index in [-0.39, 0.29) is 0 Å². The van der Waals surface area contributed by atoms with E-state index in [0.29, 0.717) is 17.9 Å². The molecular weight excluding hydrogens is 212 g/mol. The number of fused-ring (bicyclic) bond motifs is 1. The third kappa shape index (κ3) is 1.36. The van der Waals surface area contributed by atoms with Gasteiger partial charge in [-0.05, 0) is 36.5 Å². The number of carbonyl (C=O) groups is 1. The number of aliphatic carboxylic acids is 1. The molecule has 1 atom stereocenters. The Labute approximate surface area is 93.9 Å². The Kier molecular flexibility index (Phi) is 2.47. The Hall–Kier alpha value is -1.02. The zero-order valence-corrected chi connectivity index (χ0v) is 9.34. The molecule has 0 aromatic heterocycles. The van der Waals surface area contributed by atoms with E-state index in [1.807, 2.05) is 25.1 Å². The summed E-state index contributed by atoms with van der Waals surface area (Å²) >= 11 is 6.07. The summed E-state index contributed by atoms with van der Waals surface area (Å²) < 4.78 is 0. The van der Waals surface area contributed by atoms with Crippen molar-refractivity contribution in [2.75, 3.05) is 0 Å². The molecule has 3 heteroatoms. The first-order valence-electron chi connectivity index (χ1n) is 5.13. The lowest BCUT2D eigenvalue weighted by Gasteiger charge is -2.23. The molecule has 0 saturated heterocycles. The highest BCUT2D eigenvalue weighted by molar-refractivity contribution is 6.31. The summed E-state index contributed by atoms with van der Waals surface area (Å²) in [5.41, 5.74) is 1.22. The van der Waals surface area contributed by atoms with E-state index >= 15 is 0 Å². The second-order valence-electron chi connectivity index (χ2n) is 4.01. The maximum atomic E-state index is 11.4. The van der Waals surface area contributed by atoms with Crippen molar-refractivity contribution >= 4 is 17.6 Å². The van der Waals surface area contributed by atoms with Crippen LogP contribution >= 0.6 is 11.6 Å². The highest BCUT2D eigenvalue weighted by Crippen LogP contribution is 2.44. The summed E-state index contributed by atoms with van der Waals surface area (Å²) in [6, 6.07) is 5.56. The number of carboxylic acid groups (broad SMARTS) is 1. The second kappa shape index (κ2) is 3.53. The van der Waals surface area contributed by atoms with Gasteiger partial charge in [0, 0.05) is 5.02 Å². The summed E-state index contributed by atoms with van der Waals surface area (Å²) in [5, 5.41) is 10.1. The van der Waals surface area contributed by atoms with Gasteiger partial charge in [0.05, 0.1) is 5.41 Å². The van der Waals surface area contributed by atoms with Crippen LogP contribution in [0, 0.1) is 0 Å². The van der Waals surface area contributed by atoms with Gasteiger partial charge in [0.15, 0.2) is 0 Å². The van der Waals surface area contributed by atoms with Gasteiger partial charge in [0.25, 0.3) is 0 Å². The molecule has 1 N–H and O–H groups in total. The van der Waals surface area contributed by atoms with Gasteiger partial charge in [-0.2, -0.15) is 0 Å². The minimum atomic E-state index is -0.731. The SMILES string of the molecule is CCC1(C(=O)O)CCc2c(Cl)cccc21. The van der Waals surface area contributed by atoms with Crippen LogP contribution < -0.4 is 0 Å². The summed E-state index contributed by atoms with van der Waals surface area (Å²) in [6.45, 7) is 1.92. The smallest absolute Gasteiger partial charge is 0.314 e. The molecular formula is C12H13ClO2. The van der Waals surface area contributed by atoms with Gasteiger partial charge in [0.1, 0.15) is 0 Å². The first-order chi connectivity index (χ1) is 7.12. The largest absolute Gasteiger partial charge is 0.481 e. The lowest BCUT2D eigenvalue weighted by Crippen LogP contribution is -2.32. The van der Waals surface area contributed by atoms with Gasteiger partial charge >= 0.3 is 5.97 Å². The molecule has 0 saturated carbocycles. The molecule has 15 heavy (non-hydrogen) atoms. The molecule has 2 rings (SSSR count). The van der Waals surface area contributed by atoms with E-state index in [2.05, 4.69) is 0 Å². The molecule has 1 aromatic rings. The van der Waals surface area contributed by atoms with Gasteiger partial charge in [-0.1, -0.05) is 30.7 Å². The van der Waals surface area contributed by atoms with Gasteiger partial charge in [-0.25, -0.2) is 0 Å². The Morgan fingerprint density at radius 2 is 2.33 bits per heavy atom. The van der Waals surface area contributed by atoms with Crippen LogP contribution in [0.1, 0.15) is 30.9 Å². The zero-order valence-electron chi connectivity index (χ0n) is 8.59. The van der Waals surface area contributed by atoms with Crippen LogP contribution in [0.5, 0.6) is 0 Å². The Morgan fingerprint density at radius 1 is 1.60 bits per heavy atom. The van der Waals surface area contributed by atoms with E-state index in [9.17, 15) is 9.90 Å². The minimum absolute atomic E-state index is 0.621. The second-order valence-corrected chi connectivity index (χ2v) is 4.41. The molecule has 2 nitrogen and oxygen atoms in total.